The zero-order valence-corrected chi connectivity index (χ0v) is 21.4. The second kappa shape index (κ2) is 11.0. The molecule has 0 unspecified atom stereocenters. The Balaban J connectivity index is 1.44. The second-order valence-electron chi connectivity index (χ2n) is 8.29. The van der Waals surface area contributed by atoms with Crippen molar-refractivity contribution in [3.8, 4) is 22.7 Å². The molecule has 1 aliphatic heterocycles. The number of ether oxygens (including phenoxy) is 1. The fourth-order valence-corrected chi connectivity index (χ4v) is 5.04. The molecule has 0 atom stereocenters. The van der Waals surface area contributed by atoms with Gasteiger partial charge in [-0.3, -0.25) is 9.69 Å². The van der Waals surface area contributed by atoms with E-state index >= 15 is 0 Å². The molecule has 0 aliphatic carbocycles. The number of thioether (sulfide) groups is 1. The van der Waals surface area contributed by atoms with Gasteiger partial charge in [-0.25, -0.2) is 9.07 Å². The summed E-state index contributed by atoms with van der Waals surface area (Å²) in [5.74, 6) is -1.55. The van der Waals surface area contributed by atoms with Gasteiger partial charge in [0.2, 0.25) is 0 Å². The molecule has 1 amide bonds. The largest absolute Gasteiger partial charge is 0.548 e. The number of aromatic nitrogens is 2. The molecule has 0 spiro atoms. The Morgan fingerprint density at radius 1 is 1.05 bits per heavy atom. The van der Waals surface area contributed by atoms with Crippen LogP contribution in [0.25, 0.3) is 23.0 Å². The number of thiocarbonyl (C=S) groups is 1. The van der Waals surface area contributed by atoms with Gasteiger partial charge in [-0.2, -0.15) is 5.10 Å². The molecule has 7 nitrogen and oxygen atoms in total. The van der Waals surface area contributed by atoms with Crippen LogP contribution in [-0.2, 0) is 16.2 Å². The van der Waals surface area contributed by atoms with Gasteiger partial charge >= 0.3 is 0 Å². The van der Waals surface area contributed by atoms with E-state index in [0.717, 1.165) is 33.5 Å². The van der Waals surface area contributed by atoms with Crippen molar-refractivity contribution in [2.75, 3.05) is 6.54 Å². The smallest absolute Gasteiger partial charge is 0.266 e. The van der Waals surface area contributed by atoms with E-state index in [2.05, 4.69) is 0 Å². The maximum absolute atomic E-state index is 13.1. The molecular weight excluding hydrogens is 525 g/mol. The molecule has 5 rings (SSSR count). The third-order valence-corrected chi connectivity index (χ3v) is 7.03. The van der Waals surface area contributed by atoms with E-state index in [4.69, 9.17) is 22.1 Å². The Morgan fingerprint density at radius 2 is 1.76 bits per heavy atom. The highest BCUT2D eigenvalue weighted by molar-refractivity contribution is 8.26. The normalized spacial score (nSPS) is 14.3. The SMILES string of the molecule is O=C([O-])CN1C(=O)C(=Cc2cn(-c3ccccc3)nc2-c2ccc(OCc3ccc(F)cc3)cc2)SC1=S. The number of carboxylic acids is 1. The Labute approximate surface area is 227 Å². The number of halogens is 1. The summed E-state index contributed by atoms with van der Waals surface area (Å²) in [6.45, 7) is -0.307. The Bertz CT molecular complexity index is 1530. The molecular formula is C28H19FN3O4S2-. The summed E-state index contributed by atoms with van der Waals surface area (Å²) in [6.07, 6.45) is 3.46. The number of aliphatic carboxylic acids is 1. The molecule has 0 saturated carbocycles. The zero-order valence-electron chi connectivity index (χ0n) is 19.7. The van der Waals surface area contributed by atoms with Crippen LogP contribution in [0.4, 0.5) is 4.39 Å². The van der Waals surface area contributed by atoms with Crippen LogP contribution >= 0.6 is 24.0 Å². The summed E-state index contributed by atoms with van der Waals surface area (Å²) in [5, 5.41) is 15.8. The van der Waals surface area contributed by atoms with Gasteiger partial charge in [0.25, 0.3) is 5.91 Å². The molecule has 1 fully saturated rings. The van der Waals surface area contributed by atoms with Crippen molar-refractivity contribution >= 4 is 46.3 Å². The standard InChI is InChI=1S/C28H20FN3O4S2/c29-21-10-6-18(7-11-21)17-36-23-12-8-19(9-13-23)26-20(15-32(30-26)22-4-2-1-3-5-22)14-24-27(35)31(16-25(33)34)28(37)38-24/h1-15H,16-17H2,(H,33,34)/p-1. The lowest BCUT2D eigenvalue weighted by atomic mass is 10.1. The lowest BCUT2D eigenvalue weighted by molar-refractivity contribution is -0.305. The summed E-state index contributed by atoms with van der Waals surface area (Å²) >= 11 is 6.23. The number of hydrogen-bond donors (Lipinski definition) is 0. The van der Waals surface area contributed by atoms with Gasteiger partial charge in [-0.05, 0) is 60.2 Å². The van der Waals surface area contributed by atoms with Gasteiger partial charge in [0, 0.05) is 17.3 Å². The molecule has 0 radical (unpaired) electrons. The summed E-state index contributed by atoms with van der Waals surface area (Å²) in [5.41, 5.74) is 3.73. The number of amides is 1. The number of benzene rings is 3. The number of nitrogens with zero attached hydrogens (tertiary/aromatic N) is 3. The van der Waals surface area contributed by atoms with Gasteiger partial charge in [-0.1, -0.05) is 54.3 Å². The van der Waals surface area contributed by atoms with Crippen LogP contribution in [0.5, 0.6) is 5.75 Å². The Morgan fingerprint density at radius 3 is 2.45 bits per heavy atom. The van der Waals surface area contributed by atoms with Crippen LogP contribution in [-0.4, -0.2) is 37.4 Å². The molecule has 3 aromatic carbocycles. The van der Waals surface area contributed by atoms with Crippen molar-refractivity contribution in [2.45, 2.75) is 6.61 Å². The van der Waals surface area contributed by atoms with E-state index in [1.54, 1.807) is 29.1 Å². The highest BCUT2D eigenvalue weighted by Gasteiger charge is 2.32. The van der Waals surface area contributed by atoms with E-state index in [1.165, 1.54) is 12.1 Å². The summed E-state index contributed by atoms with van der Waals surface area (Å²) in [4.78, 5) is 25.2. The second-order valence-corrected chi connectivity index (χ2v) is 9.97. The monoisotopic (exact) mass is 544 g/mol. The van der Waals surface area contributed by atoms with E-state index < -0.39 is 18.4 Å². The molecule has 0 N–H and O–H groups in total. The summed E-state index contributed by atoms with van der Waals surface area (Å²) in [6, 6.07) is 23.0. The lowest BCUT2D eigenvalue weighted by Gasteiger charge is -2.14. The van der Waals surface area contributed by atoms with Gasteiger partial charge in [0.15, 0.2) is 0 Å². The van der Waals surface area contributed by atoms with Crippen molar-refractivity contribution < 1.29 is 23.8 Å². The molecule has 1 aliphatic rings. The average Bonchev–Trinajstić information content (AvgIpc) is 3.45. The quantitative estimate of drug-likeness (QED) is 0.243. The maximum atomic E-state index is 13.1. The van der Waals surface area contributed by atoms with E-state index in [0.29, 0.717) is 28.5 Å². The first-order chi connectivity index (χ1) is 18.4. The van der Waals surface area contributed by atoms with Crippen LogP contribution in [0.15, 0.2) is 90.0 Å². The van der Waals surface area contributed by atoms with Crippen LogP contribution in [0.2, 0.25) is 0 Å². The number of hydrogen-bond acceptors (Lipinski definition) is 7. The third kappa shape index (κ3) is 5.66. The highest BCUT2D eigenvalue weighted by atomic mass is 32.2. The predicted molar refractivity (Wildman–Crippen MR) is 145 cm³/mol. The molecule has 2 heterocycles. The summed E-state index contributed by atoms with van der Waals surface area (Å²) < 4.78 is 20.8. The van der Waals surface area contributed by atoms with Gasteiger partial charge in [0.1, 0.15) is 22.5 Å². The zero-order chi connectivity index (χ0) is 26.6. The number of para-hydroxylation sites is 1. The minimum atomic E-state index is -1.39. The lowest BCUT2D eigenvalue weighted by Crippen LogP contribution is -2.40. The first-order valence-electron chi connectivity index (χ1n) is 11.5. The first kappa shape index (κ1) is 25.4. The van der Waals surface area contributed by atoms with Crippen molar-refractivity contribution in [3.63, 3.8) is 0 Å². The molecule has 4 aromatic rings. The van der Waals surface area contributed by atoms with Crippen LogP contribution in [0.1, 0.15) is 11.1 Å². The summed E-state index contributed by atoms with van der Waals surface area (Å²) in [7, 11) is 0. The first-order valence-corrected chi connectivity index (χ1v) is 12.7. The number of carboxylic acid groups (broad SMARTS) is 1. The third-order valence-electron chi connectivity index (χ3n) is 5.66. The molecule has 38 heavy (non-hydrogen) atoms. The molecule has 190 valence electrons. The van der Waals surface area contributed by atoms with Gasteiger partial charge < -0.3 is 14.6 Å². The number of carbonyl (C=O) groups excluding carboxylic acids is 2. The van der Waals surface area contributed by atoms with E-state index in [9.17, 15) is 19.1 Å². The van der Waals surface area contributed by atoms with Crippen LogP contribution in [0, 0.1) is 5.82 Å². The fraction of sp³-hybridized carbons (Fsp3) is 0.0714. The molecule has 1 aromatic heterocycles. The molecule has 1 saturated heterocycles. The Hall–Kier alpha value is -4.28. The topological polar surface area (TPSA) is 87.5 Å². The van der Waals surface area contributed by atoms with Crippen LogP contribution in [0.3, 0.4) is 0 Å². The molecule has 0 bridgehead atoms. The van der Waals surface area contributed by atoms with Crippen molar-refractivity contribution in [2.24, 2.45) is 0 Å². The maximum Gasteiger partial charge on any atom is 0.266 e. The predicted octanol–water partition coefficient (Wildman–Crippen LogP) is 4.21. The number of rotatable bonds is 8. The number of carbonyl (C=O) groups is 2. The van der Waals surface area contributed by atoms with Crippen molar-refractivity contribution in [1.82, 2.24) is 14.7 Å². The minimum absolute atomic E-state index is 0.158. The van der Waals surface area contributed by atoms with Gasteiger partial charge in [0.05, 0.1) is 28.8 Å². The van der Waals surface area contributed by atoms with E-state index in [-0.39, 0.29) is 10.1 Å². The Kier molecular flexibility index (Phi) is 7.34. The molecule has 10 heteroatoms. The highest BCUT2D eigenvalue weighted by Crippen LogP contribution is 2.35. The van der Waals surface area contributed by atoms with Crippen molar-refractivity contribution in [1.29, 1.82) is 0 Å². The fourth-order valence-electron chi connectivity index (χ4n) is 3.79. The van der Waals surface area contributed by atoms with E-state index in [1.807, 2.05) is 54.6 Å². The van der Waals surface area contributed by atoms with Crippen molar-refractivity contribution in [3.05, 3.63) is 107 Å². The minimum Gasteiger partial charge on any atom is -0.548 e. The van der Waals surface area contributed by atoms with Gasteiger partial charge in [-0.15, -0.1) is 0 Å². The average molecular weight is 545 g/mol. The van der Waals surface area contributed by atoms with Crippen LogP contribution < -0.4 is 9.84 Å².